The molecule has 0 aromatic heterocycles. The summed E-state index contributed by atoms with van der Waals surface area (Å²) >= 11 is 0. The monoisotopic (exact) mass is 412 g/mol. The van der Waals surface area contributed by atoms with Crippen LogP contribution in [-0.2, 0) is 29.0 Å². The number of rotatable bonds is 8. The number of nitrogens with zero attached hydrogens (tertiary/aromatic N) is 2. The normalized spacial score (nSPS) is 13.4. The number of carbonyl (C=O) groups is 2. The molecule has 0 spiro atoms. The van der Waals surface area contributed by atoms with E-state index < -0.39 is 0 Å². The van der Waals surface area contributed by atoms with Gasteiger partial charge in [-0.15, -0.1) is 0 Å². The van der Waals surface area contributed by atoms with Gasteiger partial charge in [0.05, 0.1) is 6.42 Å². The third-order valence-corrected chi connectivity index (χ3v) is 5.76. The van der Waals surface area contributed by atoms with Gasteiger partial charge in [0, 0.05) is 31.7 Å². The summed E-state index contributed by atoms with van der Waals surface area (Å²) < 4.78 is 0. The van der Waals surface area contributed by atoms with Gasteiger partial charge in [0.25, 0.3) is 0 Å². The number of amides is 2. The van der Waals surface area contributed by atoms with Gasteiger partial charge in [0.1, 0.15) is 0 Å². The van der Waals surface area contributed by atoms with E-state index in [1.54, 1.807) is 0 Å². The van der Waals surface area contributed by atoms with Gasteiger partial charge in [-0.25, -0.2) is 0 Å². The predicted molar refractivity (Wildman–Crippen MR) is 124 cm³/mol. The molecule has 0 atom stereocenters. The van der Waals surface area contributed by atoms with E-state index in [9.17, 15) is 9.59 Å². The molecule has 0 aliphatic carbocycles. The minimum atomic E-state index is 0.116. The van der Waals surface area contributed by atoms with Crippen LogP contribution in [0.15, 0.2) is 84.9 Å². The number of hydrogen-bond acceptors (Lipinski definition) is 2. The molecule has 158 valence electrons. The second-order valence-corrected chi connectivity index (χ2v) is 8.03. The first kappa shape index (κ1) is 20.9. The lowest BCUT2D eigenvalue weighted by Crippen LogP contribution is -2.33. The van der Waals surface area contributed by atoms with Crippen molar-refractivity contribution >= 4 is 17.5 Å². The van der Waals surface area contributed by atoms with Gasteiger partial charge in [-0.3, -0.25) is 9.59 Å². The zero-order valence-corrected chi connectivity index (χ0v) is 17.7. The molecule has 31 heavy (non-hydrogen) atoms. The number of carbonyl (C=O) groups excluding carboxylic acids is 2. The first-order valence-electron chi connectivity index (χ1n) is 10.9. The van der Waals surface area contributed by atoms with Crippen LogP contribution >= 0.6 is 0 Å². The molecule has 1 saturated heterocycles. The average molecular weight is 413 g/mol. The van der Waals surface area contributed by atoms with Crippen molar-refractivity contribution in [3.8, 4) is 0 Å². The molecule has 3 aromatic carbocycles. The van der Waals surface area contributed by atoms with Crippen molar-refractivity contribution in [1.29, 1.82) is 0 Å². The van der Waals surface area contributed by atoms with Crippen LogP contribution in [-0.4, -0.2) is 29.8 Å². The quantitative estimate of drug-likeness (QED) is 0.541. The van der Waals surface area contributed by atoms with Crippen LogP contribution in [0.4, 0.5) is 5.69 Å². The van der Waals surface area contributed by atoms with Crippen LogP contribution in [0.2, 0.25) is 0 Å². The van der Waals surface area contributed by atoms with Gasteiger partial charge in [-0.05, 0) is 41.7 Å². The SMILES string of the molecule is O=C(Cc1ccc(N2CCCC2=O)cc1)N(CCc1ccccc1)Cc1ccccc1. The fraction of sp³-hybridized carbons (Fsp3) is 0.259. The van der Waals surface area contributed by atoms with Gasteiger partial charge < -0.3 is 9.80 Å². The Kier molecular flexibility index (Phi) is 6.78. The Hall–Kier alpha value is -3.40. The number of anilines is 1. The molecule has 4 heteroatoms. The Labute approximate surface area is 184 Å². The van der Waals surface area contributed by atoms with Crippen LogP contribution in [0.3, 0.4) is 0 Å². The number of hydrogen-bond donors (Lipinski definition) is 0. The minimum absolute atomic E-state index is 0.116. The van der Waals surface area contributed by atoms with Crippen molar-refractivity contribution in [3.63, 3.8) is 0 Å². The highest BCUT2D eigenvalue weighted by Gasteiger charge is 2.21. The third-order valence-electron chi connectivity index (χ3n) is 5.76. The summed E-state index contributed by atoms with van der Waals surface area (Å²) in [6.45, 7) is 2.06. The molecule has 1 aliphatic heterocycles. The first-order chi connectivity index (χ1) is 15.2. The van der Waals surface area contributed by atoms with E-state index in [0.717, 1.165) is 36.2 Å². The van der Waals surface area contributed by atoms with E-state index in [4.69, 9.17) is 0 Å². The van der Waals surface area contributed by atoms with E-state index in [-0.39, 0.29) is 11.8 Å². The smallest absolute Gasteiger partial charge is 0.227 e. The standard InChI is InChI=1S/C27H28N2O2/c30-26-12-7-18-29(26)25-15-13-23(14-16-25)20-27(31)28(21-24-10-5-2-6-11-24)19-17-22-8-3-1-4-9-22/h1-6,8-11,13-16H,7,12,17-21H2. The summed E-state index contributed by atoms with van der Waals surface area (Å²) in [6, 6.07) is 28.3. The van der Waals surface area contributed by atoms with Gasteiger partial charge in [0.15, 0.2) is 0 Å². The zero-order chi connectivity index (χ0) is 21.5. The summed E-state index contributed by atoms with van der Waals surface area (Å²) in [6.07, 6.45) is 2.72. The molecule has 0 bridgehead atoms. The Bertz CT molecular complexity index is 1000. The van der Waals surface area contributed by atoms with Crippen molar-refractivity contribution in [2.24, 2.45) is 0 Å². The largest absolute Gasteiger partial charge is 0.338 e. The van der Waals surface area contributed by atoms with Crippen LogP contribution in [0, 0.1) is 0 Å². The van der Waals surface area contributed by atoms with Crippen LogP contribution in [0.25, 0.3) is 0 Å². The lowest BCUT2D eigenvalue weighted by Gasteiger charge is -2.23. The molecule has 1 heterocycles. The fourth-order valence-corrected chi connectivity index (χ4v) is 4.01. The van der Waals surface area contributed by atoms with Gasteiger partial charge in [0.2, 0.25) is 11.8 Å². The second-order valence-electron chi connectivity index (χ2n) is 8.03. The van der Waals surface area contributed by atoms with Crippen molar-refractivity contribution in [2.45, 2.75) is 32.2 Å². The highest BCUT2D eigenvalue weighted by Crippen LogP contribution is 2.22. The van der Waals surface area contributed by atoms with E-state index in [1.165, 1.54) is 5.56 Å². The van der Waals surface area contributed by atoms with Crippen molar-refractivity contribution < 1.29 is 9.59 Å². The van der Waals surface area contributed by atoms with Gasteiger partial charge >= 0.3 is 0 Å². The van der Waals surface area contributed by atoms with Crippen LogP contribution < -0.4 is 4.90 Å². The lowest BCUT2D eigenvalue weighted by atomic mass is 10.1. The maximum Gasteiger partial charge on any atom is 0.227 e. The molecule has 4 rings (SSSR count). The summed E-state index contributed by atoms with van der Waals surface area (Å²) in [5.41, 5.74) is 4.25. The summed E-state index contributed by atoms with van der Waals surface area (Å²) in [7, 11) is 0. The molecule has 2 amide bonds. The summed E-state index contributed by atoms with van der Waals surface area (Å²) in [5, 5.41) is 0. The summed E-state index contributed by atoms with van der Waals surface area (Å²) in [4.78, 5) is 28.9. The van der Waals surface area contributed by atoms with Crippen LogP contribution in [0.1, 0.15) is 29.5 Å². The average Bonchev–Trinajstić information content (AvgIpc) is 3.24. The van der Waals surface area contributed by atoms with Gasteiger partial charge in [-0.2, -0.15) is 0 Å². The molecule has 1 fully saturated rings. The molecule has 0 radical (unpaired) electrons. The molecule has 4 nitrogen and oxygen atoms in total. The topological polar surface area (TPSA) is 40.6 Å². The molecule has 0 saturated carbocycles. The first-order valence-corrected chi connectivity index (χ1v) is 10.9. The summed E-state index contributed by atoms with van der Waals surface area (Å²) in [5.74, 6) is 0.295. The highest BCUT2D eigenvalue weighted by atomic mass is 16.2. The molecule has 1 aliphatic rings. The van der Waals surface area contributed by atoms with Crippen molar-refractivity contribution in [2.75, 3.05) is 18.0 Å². The predicted octanol–water partition coefficient (Wildman–Crippen LogP) is 4.63. The van der Waals surface area contributed by atoms with E-state index in [0.29, 0.717) is 25.9 Å². The van der Waals surface area contributed by atoms with Crippen molar-refractivity contribution in [1.82, 2.24) is 4.90 Å². The third kappa shape index (κ3) is 5.60. The van der Waals surface area contributed by atoms with Crippen molar-refractivity contribution in [3.05, 3.63) is 102 Å². The van der Waals surface area contributed by atoms with E-state index in [1.807, 2.05) is 70.5 Å². The Balaban J connectivity index is 1.43. The zero-order valence-electron chi connectivity index (χ0n) is 17.7. The van der Waals surface area contributed by atoms with E-state index in [2.05, 4.69) is 24.3 Å². The van der Waals surface area contributed by atoms with Gasteiger partial charge in [-0.1, -0.05) is 72.8 Å². The maximum absolute atomic E-state index is 13.2. The van der Waals surface area contributed by atoms with Crippen LogP contribution in [0.5, 0.6) is 0 Å². The Morgan fingerprint density at radius 2 is 1.45 bits per heavy atom. The molecule has 0 N–H and O–H groups in total. The lowest BCUT2D eigenvalue weighted by molar-refractivity contribution is -0.131. The molecule has 3 aromatic rings. The maximum atomic E-state index is 13.2. The fourth-order valence-electron chi connectivity index (χ4n) is 4.01. The highest BCUT2D eigenvalue weighted by molar-refractivity contribution is 5.95. The molecular weight excluding hydrogens is 384 g/mol. The van der Waals surface area contributed by atoms with E-state index >= 15 is 0 Å². The minimum Gasteiger partial charge on any atom is -0.338 e. The second kappa shape index (κ2) is 10.1. The Morgan fingerprint density at radius 1 is 0.806 bits per heavy atom. The molecular formula is C27H28N2O2. The number of benzene rings is 3. The molecule has 0 unspecified atom stereocenters. The Morgan fingerprint density at radius 3 is 2.06 bits per heavy atom.